The number of rotatable bonds is 6. The van der Waals surface area contributed by atoms with E-state index >= 15 is 0 Å². The van der Waals surface area contributed by atoms with E-state index in [1.807, 2.05) is 13.8 Å². The molecule has 24 heavy (non-hydrogen) atoms. The van der Waals surface area contributed by atoms with Crippen LogP contribution in [0.3, 0.4) is 0 Å². The highest BCUT2D eigenvalue weighted by molar-refractivity contribution is 7.89. The Hall–Kier alpha value is -2.10. The van der Waals surface area contributed by atoms with Crippen molar-refractivity contribution in [3.8, 4) is 0 Å². The standard InChI is InChI=1S/C15H18N4O3S2/c1-11-4-6-14(7-5-11)24(21,22)19(3)9-15(20)18-16-8-13-10-23-12(2)17-13/h4-8,10H,9H2,1-3H3,(H,18,20)/b16-8-. The van der Waals surface area contributed by atoms with Gasteiger partial charge in [0.2, 0.25) is 10.0 Å². The topological polar surface area (TPSA) is 91.7 Å². The molecule has 1 heterocycles. The molecule has 9 heteroatoms. The zero-order chi connectivity index (χ0) is 17.7. The SMILES string of the molecule is Cc1ccc(S(=O)(=O)N(C)CC(=O)N/N=C\c2csc(C)n2)cc1. The van der Waals surface area contributed by atoms with Crippen molar-refractivity contribution >= 4 is 33.5 Å². The maximum absolute atomic E-state index is 12.4. The van der Waals surface area contributed by atoms with Crippen LogP contribution in [-0.4, -0.2) is 43.4 Å². The van der Waals surface area contributed by atoms with Crippen LogP contribution in [0.15, 0.2) is 39.6 Å². The molecule has 0 unspecified atom stereocenters. The Balaban J connectivity index is 1.95. The highest BCUT2D eigenvalue weighted by Crippen LogP contribution is 2.14. The number of carbonyl (C=O) groups is 1. The van der Waals surface area contributed by atoms with Gasteiger partial charge in [-0.05, 0) is 26.0 Å². The van der Waals surface area contributed by atoms with Crippen molar-refractivity contribution in [3.63, 3.8) is 0 Å². The molecule has 0 aliphatic carbocycles. The number of hydrazone groups is 1. The highest BCUT2D eigenvalue weighted by Gasteiger charge is 2.22. The van der Waals surface area contributed by atoms with Gasteiger partial charge in [0.1, 0.15) is 0 Å². The van der Waals surface area contributed by atoms with Crippen LogP contribution in [0.1, 0.15) is 16.3 Å². The fourth-order valence-electron chi connectivity index (χ4n) is 1.82. The van der Waals surface area contributed by atoms with Crippen molar-refractivity contribution in [2.45, 2.75) is 18.7 Å². The number of aromatic nitrogens is 1. The van der Waals surface area contributed by atoms with Crippen LogP contribution in [0.5, 0.6) is 0 Å². The summed E-state index contributed by atoms with van der Waals surface area (Å²) in [7, 11) is -2.37. The summed E-state index contributed by atoms with van der Waals surface area (Å²) in [6.07, 6.45) is 1.41. The first kappa shape index (κ1) is 18.2. The van der Waals surface area contributed by atoms with Crippen LogP contribution in [0.2, 0.25) is 0 Å². The summed E-state index contributed by atoms with van der Waals surface area (Å²) in [6.45, 7) is 3.41. The van der Waals surface area contributed by atoms with Crippen molar-refractivity contribution in [3.05, 3.63) is 45.9 Å². The Labute approximate surface area is 145 Å². The highest BCUT2D eigenvalue weighted by atomic mass is 32.2. The van der Waals surface area contributed by atoms with Gasteiger partial charge in [0, 0.05) is 12.4 Å². The quantitative estimate of drug-likeness (QED) is 0.620. The molecule has 0 atom stereocenters. The van der Waals surface area contributed by atoms with Crippen LogP contribution in [0.4, 0.5) is 0 Å². The molecule has 7 nitrogen and oxygen atoms in total. The fourth-order valence-corrected chi connectivity index (χ4v) is 3.51. The molecule has 2 aromatic rings. The molecule has 1 aromatic carbocycles. The lowest BCUT2D eigenvalue weighted by atomic mass is 10.2. The van der Waals surface area contributed by atoms with Crippen molar-refractivity contribution in [1.82, 2.24) is 14.7 Å². The van der Waals surface area contributed by atoms with Gasteiger partial charge >= 0.3 is 0 Å². The molecule has 0 fully saturated rings. The number of thiazole rings is 1. The van der Waals surface area contributed by atoms with E-state index in [2.05, 4.69) is 15.5 Å². The second-order valence-electron chi connectivity index (χ2n) is 5.16. The largest absolute Gasteiger partial charge is 0.272 e. The molecule has 0 radical (unpaired) electrons. The molecule has 128 valence electrons. The number of nitrogens with zero attached hydrogens (tertiary/aromatic N) is 3. The second kappa shape index (κ2) is 7.65. The monoisotopic (exact) mass is 366 g/mol. The lowest BCUT2D eigenvalue weighted by Gasteiger charge is -2.16. The number of aryl methyl sites for hydroxylation is 2. The molecular formula is C15H18N4O3S2. The third-order valence-electron chi connectivity index (χ3n) is 3.12. The number of likely N-dealkylation sites (N-methyl/N-ethyl adjacent to an activating group) is 1. The van der Waals surface area contributed by atoms with Crippen molar-refractivity contribution in [1.29, 1.82) is 0 Å². The molecule has 1 aromatic heterocycles. The average molecular weight is 366 g/mol. The molecular weight excluding hydrogens is 348 g/mol. The molecule has 0 saturated heterocycles. The molecule has 0 spiro atoms. The van der Waals surface area contributed by atoms with Gasteiger partial charge in [-0.15, -0.1) is 11.3 Å². The van der Waals surface area contributed by atoms with Gasteiger partial charge in [-0.25, -0.2) is 18.8 Å². The third-order valence-corrected chi connectivity index (χ3v) is 5.73. The summed E-state index contributed by atoms with van der Waals surface area (Å²) in [5, 5.41) is 6.47. The second-order valence-corrected chi connectivity index (χ2v) is 8.27. The maximum atomic E-state index is 12.4. The number of nitrogens with one attached hydrogen (secondary N) is 1. The first-order chi connectivity index (χ1) is 11.3. The molecule has 1 N–H and O–H groups in total. The number of sulfonamides is 1. The number of hydrogen-bond acceptors (Lipinski definition) is 6. The van der Waals surface area contributed by atoms with E-state index < -0.39 is 15.9 Å². The van der Waals surface area contributed by atoms with E-state index in [1.54, 1.807) is 17.5 Å². The maximum Gasteiger partial charge on any atom is 0.255 e. The van der Waals surface area contributed by atoms with Gasteiger partial charge in [-0.3, -0.25) is 4.79 Å². The van der Waals surface area contributed by atoms with Gasteiger partial charge in [-0.2, -0.15) is 9.41 Å². The lowest BCUT2D eigenvalue weighted by molar-refractivity contribution is -0.121. The summed E-state index contributed by atoms with van der Waals surface area (Å²) < 4.78 is 25.7. The first-order valence-corrected chi connectivity index (χ1v) is 9.38. The van der Waals surface area contributed by atoms with Gasteiger partial charge in [-0.1, -0.05) is 17.7 Å². The normalized spacial score (nSPS) is 12.0. The number of hydrogen-bond donors (Lipinski definition) is 1. The minimum absolute atomic E-state index is 0.143. The first-order valence-electron chi connectivity index (χ1n) is 7.06. The number of benzene rings is 1. The Bertz CT molecular complexity index is 842. The van der Waals surface area contributed by atoms with Gasteiger partial charge in [0.15, 0.2) is 0 Å². The fraction of sp³-hybridized carbons (Fsp3) is 0.267. The summed E-state index contributed by atoms with van der Waals surface area (Å²) >= 11 is 1.47. The van der Waals surface area contributed by atoms with Crippen LogP contribution in [0.25, 0.3) is 0 Å². The molecule has 0 aliphatic rings. The van der Waals surface area contributed by atoms with E-state index in [0.717, 1.165) is 14.9 Å². The van der Waals surface area contributed by atoms with Crippen molar-refractivity contribution in [2.24, 2.45) is 5.10 Å². The number of amides is 1. The van der Waals surface area contributed by atoms with Crippen LogP contribution in [-0.2, 0) is 14.8 Å². The van der Waals surface area contributed by atoms with Crippen LogP contribution in [0, 0.1) is 13.8 Å². The zero-order valence-corrected chi connectivity index (χ0v) is 15.2. The van der Waals surface area contributed by atoms with Gasteiger partial charge < -0.3 is 0 Å². The Morgan fingerprint density at radius 1 is 1.33 bits per heavy atom. The minimum atomic E-state index is -3.71. The van der Waals surface area contributed by atoms with Crippen LogP contribution >= 0.6 is 11.3 Å². The van der Waals surface area contributed by atoms with Crippen molar-refractivity contribution in [2.75, 3.05) is 13.6 Å². The number of carbonyl (C=O) groups excluding carboxylic acids is 1. The summed E-state index contributed by atoms with van der Waals surface area (Å²) in [5.74, 6) is -0.531. The molecule has 0 bridgehead atoms. The molecule has 1 amide bonds. The predicted octanol–water partition coefficient (Wildman–Crippen LogP) is 1.53. The van der Waals surface area contributed by atoms with E-state index in [1.165, 1.54) is 36.7 Å². The minimum Gasteiger partial charge on any atom is -0.272 e. The predicted molar refractivity (Wildman–Crippen MR) is 93.6 cm³/mol. The zero-order valence-electron chi connectivity index (χ0n) is 13.6. The Morgan fingerprint density at radius 3 is 2.58 bits per heavy atom. The smallest absolute Gasteiger partial charge is 0.255 e. The van der Waals surface area contributed by atoms with E-state index in [4.69, 9.17) is 0 Å². The molecule has 0 aliphatic heterocycles. The van der Waals surface area contributed by atoms with Crippen LogP contribution < -0.4 is 5.43 Å². The summed E-state index contributed by atoms with van der Waals surface area (Å²) in [6, 6.07) is 6.45. The summed E-state index contributed by atoms with van der Waals surface area (Å²) in [5.41, 5.74) is 3.89. The van der Waals surface area contributed by atoms with Gasteiger partial charge in [0.25, 0.3) is 5.91 Å². The van der Waals surface area contributed by atoms with E-state index in [0.29, 0.717) is 5.69 Å². The van der Waals surface area contributed by atoms with E-state index in [-0.39, 0.29) is 11.4 Å². The lowest BCUT2D eigenvalue weighted by Crippen LogP contribution is -2.36. The van der Waals surface area contributed by atoms with E-state index in [9.17, 15) is 13.2 Å². The Morgan fingerprint density at radius 2 is 2.00 bits per heavy atom. The summed E-state index contributed by atoms with van der Waals surface area (Å²) in [4.78, 5) is 16.1. The Kier molecular flexibility index (Phi) is 5.81. The van der Waals surface area contributed by atoms with Gasteiger partial charge in [0.05, 0.1) is 28.4 Å². The third kappa shape index (κ3) is 4.70. The molecule has 0 saturated carbocycles. The molecule has 2 rings (SSSR count). The average Bonchev–Trinajstić information content (AvgIpc) is 2.93. The van der Waals surface area contributed by atoms with Crippen molar-refractivity contribution < 1.29 is 13.2 Å².